The Bertz CT molecular complexity index is 421. The van der Waals surface area contributed by atoms with Crippen molar-refractivity contribution in [1.29, 1.82) is 0 Å². The van der Waals surface area contributed by atoms with E-state index in [9.17, 15) is 0 Å². The summed E-state index contributed by atoms with van der Waals surface area (Å²) < 4.78 is 6.15. The molecule has 2 nitrogen and oxygen atoms in total. The zero-order valence-electron chi connectivity index (χ0n) is 12.1. The number of hydrogen-bond donors (Lipinski definition) is 1. The molecule has 3 heteroatoms. The first-order valence-electron chi connectivity index (χ1n) is 7.35. The van der Waals surface area contributed by atoms with E-state index in [0.29, 0.717) is 18.1 Å². The SMILES string of the molecule is CCCNC1CC(C(C)CC)Oc2ccc(Cl)cc21. The maximum atomic E-state index is 6.15. The number of fused-ring (bicyclic) bond motifs is 1. The van der Waals surface area contributed by atoms with Crippen LogP contribution in [0.5, 0.6) is 5.75 Å². The molecule has 1 aromatic rings. The van der Waals surface area contributed by atoms with Gasteiger partial charge in [0.15, 0.2) is 0 Å². The fourth-order valence-corrected chi connectivity index (χ4v) is 2.77. The first-order chi connectivity index (χ1) is 9.15. The summed E-state index contributed by atoms with van der Waals surface area (Å²) in [6, 6.07) is 6.32. The third kappa shape index (κ3) is 3.43. The average molecular weight is 282 g/mol. The van der Waals surface area contributed by atoms with Crippen LogP contribution >= 0.6 is 11.6 Å². The molecule has 0 amide bonds. The molecular formula is C16H24ClNO. The quantitative estimate of drug-likeness (QED) is 0.853. The van der Waals surface area contributed by atoms with Crippen LogP contribution < -0.4 is 10.1 Å². The van der Waals surface area contributed by atoms with E-state index in [2.05, 4.69) is 26.1 Å². The Morgan fingerprint density at radius 3 is 2.89 bits per heavy atom. The molecule has 106 valence electrons. The molecule has 1 aliphatic heterocycles. The van der Waals surface area contributed by atoms with Gasteiger partial charge < -0.3 is 10.1 Å². The van der Waals surface area contributed by atoms with Gasteiger partial charge in [-0.05, 0) is 37.1 Å². The topological polar surface area (TPSA) is 21.3 Å². The molecule has 3 atom stereocenters. The zero-order chi connectivity index (χ0) is 13.8. The summed E-state index contributed by atoms with van der Waals surface area (Å²) in [7, 11) is 0. The van der Waals surface area contributed by atoms with E-state index in [4.69, 9.17) is 16.3 Å². The monoisotopic (exact) mass is 281 g/mol. The van der Waals surface area contributed by atoms with Crippen LogP contribution in [0, 0.1) is 5.92 Å². The van der Waals surface area contributed by atoms with Crippen molar-refractivity contribution in [3.63, 3.8) is 0 Å². The molecule has 0 radical (unpaired) electrons. The summed E-state index contributed by atoms with van der Waals surface area (Å²) >= 11 is 6.12. The third-order valence-corrected chi connectivity index (χ3v) is 4.25. The summed E-state index contributed by atoms with van der Waals surface area (Å²) in [5.41, 5.74) is 1.21. The van der Waals surface area contributed by atoms with Crippen molar-refractivity contribution in [2.75, 3.05) is 6.54 Å². The van der Waals surface area contributed by atoms with Crippen molar-refractivity contribution in [2.24, 2.45) is 5.92 Å². The summed E-state index contributed by atoms with van der Waals surface area (Å²) in [5, 5.41) is 4.41. The lowest BCUT2D eigenvalue weighted by molar-refractivity contribution is 0.0980. The number of rotatable bonds is 5. The van der Waals surface area contributed by atoms with Gasteiger partial charge in [0.05, 0.1) is 0 Å². The van der Waals surface area contributed by atoms with Gasteiger partial charge in [0, 0.05) is 23.0 Å². The first kappa shape index (κ1) is 14.7. The van der Waals surface area contributed by atoms with Crippen molar-refractivity contribution in [3.05, 3.63) is 28.8 Å². The van der Waals surface area contributed by atoms with Gasteiger partial charge in [-0.3, -0.25) is 0 Å². The van der Waals surface area contributed by atoms with Gasteiger partial charge >= 0.3 is 0 Å². The Labute approximate surface area is 121 Å². The molecule has 1 heterocycles. The third-order valence-electron chi connectivity index (χ3n) is 4.01. The molecular weight excluding hydrogens is 258 g/mol. The fraction of sp³-hybridized carbons (Fsp3) is 0.625. The van der Waals surface area contributed by atoms with Gasteiger partial charge in [-0.1, -0.05) is 38.8 Å². The summed E-state index contributed by atoms with van der Waals surface area (Å²) in [6.07, 6.45) is 3.62. The standard InChI is InChI=1S/C16H24ClNO/c1-4-8-18-14-10-16(11(3)5-2)19-15-7-6-12(17)9-13(14)15/h6-7,9,11,14,16,18H,4-5,8,10H2,1-3H3. The minimum Gasteiger partial charge on any atom is -0.490 e. The zero-order valence-corrected chi connectivity index (χ0v) is 12.8. The van der Waals surface area contributed by atoms with Gasteiger partial charge in [0.1, 0.15) is 11.9 Å². The molecule has 0 saturated carbocycles. The molecule has 1 aliphatic rings. The van der Waals surface area contributed by atoms with Crippen molar-refractivity contribution >= 4 is 11.6 Å². The van der Waals surface area contributed by atoms with Crippen molar-refractivity contribution < 1.29 is 4.74 Å². The smallest absolute Gasteiger partial charge is 0.124 e. The minimum absolute atomic E-state index is 0.299. The van der Waals surface area contributed by atoms with Crippen LogP contribution in [0.1, 0.15) is 51.6 Å². The Kier molecular flexibility index (Phi) is 5.12. The number of halogens is 1. The van der Waals surface area contributed by atoms with Crippen LogP contribution in [0.15, 0.2) is 18.2 Å². The summed E-state index contributed by atoms with van der Waals surface area (Å²) in [5.74, 6) is 1.57. The number of hydrogen-bond acceptors (Lipinski definition) is 2. The molecule has 0 fully saturated rings. The lowest BCUT2D eigenvalue weighted by Gasteiger charge is -2.35. The van der Waals surface area contributed by atoms with Crippen molar-refractivity contribution in [3.8, 4) is 5.75 Å². The normalized spacial score (nSPS) is 23.6. The summed E-state index contributed by atoms with van der Waals surface area (Å²) in [6.45, 7) is 7.71. The fourth-order valence-electron chi connectivity index (χ4n) is 2.59. The van der Waals surface area contributed by atoms with Crippen LogP contribution in [0.2, 0.25) is 5.02 Å². The molecule has 0 aromatic heterocycles. The molecule has 1 aromatic carbocycles. The molecule has 0 aliphatic carbocycles. The van der Waals surface area contributed by atoms with Crippen LogP contribution in [0.3, 0.4) is 0 Å². The Morgan fingerprint density at radius 2 is 2.21 bits per heavy atom. The molecule has 0 bridgehead atoms. The lowest BCUT2D eigenvalue weighted by atomic mass is 9.89. The highest BCUT2D eigenvalue weighted by molar-refractivity contribution is 6.30. The number of nitrogens with one attached hydrogen (secondary N) is 1. The molecule has 0 saturated heterocycles. The van der Waals surface area contributed by atoms with Crippen molar-refractivity contribution in [2.45, 2.75) is 52.2 Å². The number of benzene rings is 1. The van der Waals surface area contributed by atoms with E-state index in [1.807, 2.05) is 18.2 Å². The largest absolute Gasteiger partial charge is 0.490 e. The predicted molar refractivity (Wildman–Crippen MR) is 81.0 cm³/mol. The van der Waals surface area contributed by atoms with Crippen LogP contribution in [-0.4, -0.2) is 12.6 Å². The van der Waals surface area contributed by atoms with Gasteiger partial charge in [-0.15, -0.1) is 0 Å². The van der Waals surface area contributed by atoms with Crippen LogP contribution in [0.25, 0.3) is 0 Å². The Balaban J connectivity index is 2.23. The Morgan fingerprint density at radius 1 is 1.42 bits per heavy atom. The highest BCUT2D eigenvalue weighted by atomic mass is 35.5. The van der Waals surface area contributed by atoms with E-state index < -0.39 is 0 Å². The molecule has 19 heavy (non-hydrogen) atoms. The van der Waals surface area contributed by atoms with Crippen LogP contribution in [0.4, 0.5) is 0 Å². The second kappa shape index (κ2) is 6.62. The highest BCUT2D eigenvalue weighted by Crippen LogP contribution is 2.38. The molecule has 2 rings (SSSR count). The van der Waals surface area contributed by atoms with Gasteiger partial charge in [-0.25, -0.2) is 0 Å². The van der Waals surface area contributed by atoms with E-state index in [1.165, 1.54) is 5.56 Å². The first-order valence-corrected chi connectivity index (χ1v) is 7.73. The van der Waals surface area contributed by atoms with E-state index >= 15 is 0 Å². The van der Waals surface area contributed by atoms with E-state index in [-0.39, 0.29) is 0 Å². The van der Waals surface area contributed by atoms with Gasteiger partial charge in [0.2, 0.25) is 0 Å². The van der Waals surface area contributed by atoms with Crippen LogP contribution in [-0.2, 0) is 0 Å². The molecule has 0 spiro atoms. The maximum absolute atomic E-state index is 6.15. The second-order valence-electron chi connectivity index (χ2n) is 5.47. The van der Waals surface area contributed by atoms with Gasteiger partial charge in [0.25, 0.3) is 0 Å². The lowest BCUT2D eigenvalue weighted by Crippen LogP contribution is -2.36. The number of ether oxygens (including phenoxy) is 1. The predicted octanol–water partition coefficient (Wildman–Crippen LogP) is 4.58. The minimum atomic E-state index is 0.299. The second-order valence-corrected chi connectivity index (χ2v) is 5.90. The highest BCUT2D eigenvalue weighted by Gasteiger charge is 2.30. The van der Waals surface area contributed by atoms with E-state index in [0.717, 1.165) is 36.6 Å². The summed E-state index contributed by atoms with van der Waals surface area (Å²) in [4.78, 5) is 0. The van der Waals surface area contributed by atoms with E-state index in [1.54, 1.807) is 0 Å². The molecule has 1 N–H and O–H groups in total. The van der Waals surface area contributed by atoms with Gasteiger partial charge in [-0.2, -0.15) is 0 Å². The average Bonchev–Trinajstić information content (AvgIpc) is 2.43. The Hall–Kier alpha value is -0.730. The van der Waals surface area contributed by atoms with Crippen molar-refractivity contribution in [1.82, 2.24) is 5.32 Å². The maximum Gasteiger partial charge on any atom is 0.124 e. The molecule has 3 unspecified atom stereocenters.